The van der Waals surface area contributed by atoms with Gasteiger partial charge in [-0.25, -0.2) is 4.98 Å². The van der Waals surface area contributed by atoms with Crippen LogP contribution in [0.1, 0.15) is 29.3 Å². The molecule has 1 heterocycles. The fourth-order valence-corrected chi connectivity index (χ4v) is 2.29. The number of nitrogens with two attached hydrogens (primary N) is 1. The van der Waals surface area contributed by atoms with Gasteiger partial charge in [-0.3, -0.25) is 16.1 Å². The van der Waals surface area contributed by atoms with E-state index >= 15 is 0 Å². The Morgan fingerprint density at radius 2 is 2.00 bits per heavy atom. The Hall–Kier alpha value is -2.64. The highest BCUT2D eigenvalue weighted by Crippen LogP contribution is 2.23. The number of rotatable bonds is 7. The van der Waals surface area contributed by atoms with E-state index in [-0.39, 0.29) is 0 Å². The lowest BCUT2D eigenvalue weighted by Gasteiger charge is -2.15. The molecule has 0 spiro atoms. The number of hydrogen-bond donors (Lipinski definition) is 4. The molecule has 1 amide bonds. The Bertz CT molecular complexity index is 654. The summed E-state index contributed by atoms with van der Waals surface area (Å²) in [6.45, 7) is 6.70. The lowest BCUT2D eigenvalue weighted by molar-refractivity contribution is -0.110. The van der Waals surface area contributed by atoms with E-state index in [0.29, 0.717) is 13.0 Å². The number of benzene rings is 1. The fraction of sp³-hybridized carbons (Fsp3) is 0.333. The van der Waals surface area contributed by atoms with Gasteiger partial charge in [-0.05, 0) is 38.0 Å². The van der Waals surface area contributed by atoms with Crippen molar-refractivity contribution in [3.8, 4) is 5.88 Å². The van der Waals surface area contributed by atoms with Gasteiger partial charge in [-0.2, -0.15) is 5.53 Å². The highest BCUT2D eigenvalue weighted by Gasteiger charge is 2.09. The van der Waals surface area contributed by atoms with Gasteiger partial charge in [-0.1, -0.05) is 25.1 Å². The average Bonchev–Trinajstić information content (AvgIpc) is 2.63. The van der Waals surface area contributed by atoms with E-state index in [2.05, 4.69) is 41.3 Å². The number of hydrogen-bond acceptors (Lipinski definition) is 6. The maximum atomic E-state index is 9.15. The third-order valence-corrected chi connectivity index (χ3v) is 3.61. The van der Waals surface area contributed by atoms with Gasteiger partial charge in [0.15, 0.2) is 0 Å². The molecule has 0 radical (unpaired) electrons. The van der Waals surface area contributed by atoms with Crippen LogP contribution < -0.4 is 26.9 Å². The van der Waals surface area contributed by atoms with E-state index < -0.39 is 0 Å². The molecule has 2 aromatic rings. The van der Waals surface area contributed by atoms with Crippen LogP contribution in [0.15, 0.2) is 30.3 Å². The number of ether oxygens (including phenoxy) is 1. The van der Waals surface area contributed by atoms with Crippen LogP contribution in [-0.2, 0) is 17.8 Å². The van der Waals surface area contributed by atoms with Crippen molar-refractivity contribution in [2.45, 2.75) is 33.8 Å². The zero-order valence-electron chi connectivity index (χ0n) is 15.2. The largest absolute Gasteiger partial charge is 0.473 e. The summed E-state index contributed by atoms with van der Waals surface area (Å²) in [6, 6.07) is 10.3. The quantitative estimate of drug-likeness (QED) is 0.348. The summed E-state index contributed by atoms with van der Waals surface area (Å²) in [7, 11) is 1.94. The Balaban J connectivity index is 0.000000550. The van der Waals surface area contributed by atoms with Gasteiger partial charge in [0.05, 0.1) is 0 Å². The lowest BCUT2D eigenvalue weighted by atomic mass is 10.0. The van der Waals surface area contributed by atoms with Crippen molar-refractivity contribution in [1.82, 2.24) is 15.9 Å². The van der Waals surface area contributed by atoms with Crippen molar-refractivity contribution in [1.29, 1.82) is 0 Å². The molecule has 0 saturated heterocycles. The number of aryl methyl sites for hydroxylation is 3. The number of pyridine rings is 1. The minimum absolute atomic E-state index is 0.444. The Morgan fingerprint density at radius 1 is 1.24 bits per heavy atom. The van der Waals surface area contributed by atoms with Crippen molar-refractivity contribution >= 4 is 12.1 Å². The Morgan fingerprint density at radius 3 is 2.56 bits per heavy atom. The van der Waals surface area contributed by atoms with E-state index in [1.807, 2.05) is 44.0 Å². The van der Waals surface area contributed by atoms with Crippen LogP contribution in [0.4, 0.5) is 5.69 Å². The maximum Gasteiger partial charge on any atom is 0.222 e. The first kappa shape index (κ1) is 20.4. The number of carbonyl (C=O) groups excluding carboxylic acids is 1. The second-order valence-corrected chi connectivity index (χ2v) is 5.32. The summed E-state index contributed by atoms with van der Waals surface area (Å²) < 4.78 is 5.94. The number of anilines is 1. The second-order valence-electron chi connectivity index (χ2n) is 5.32. The molecule has 7 heteroatoms. The zero-order chi connectivity index (χ0) is 18.7. The molecule has 0 aliphatic heterocycles. The molecule has 0 saturated carbocycles. The van der Waals surface area contributed by atoms with Crippen LogP contribution in [-0.4, -0.2) is 18.4 Å². The van der Waals surface area contributed by atoms with E-state index in [9.17, 15) is 0 Å². The predicted molar refractivity (Wildman–Crippen MR) is 99.9 cm³/mol. The van der Waals surface area contributed by atoms with Crippen molar-refractivity contribution in [2.24, 2.45) is 5.84 Å². The Kier molecular flexibility index (Phi) is 8.99. The van der Waals surface area contributed by atoms with Gasteiger partial charge >= 0.3 is 0 Å². The highest BCUT2D eigenvalue weighted by molar-refractivity contribution is 5.54. The second kappa shape index (κ2) is 11.0. The van der Waals surface area contributed by atoms with Gasteiger partial charge in [0, 0.05) is 29.6 Å². The molecule has 5 N–H and O–H groups in total. The monoisotopic (exact) mass is 345 g/mol. The standard InChI is InChI=1S/C17H22N2O.CH5N3O/c1-5-14-7-6-8-16(18-4)15(14)11-20-17-12(2)9-10-13(3)19-17;2-4-3-1-5/h6-10,18H,5,11H2,1-4H3;1,4H,2H2,(H,3,5). The summed E-state index contributed by atoms with van der Waals surface area (Å²) in [5.41, 5.74) is 9.53. The third-order valence-electron chi connectivity index (χ3n) is 3.61. The van der Waals surface area contributed by atoms with Crippen molar-refractivity contribution in [3.05, 3.63) is 52.7 Å². The molecule has 1 aromatic carbocycles. The normalized spacial score (nSPS) is 9.64. The molecule has 136 valence electrons. The first-order chi connectivity index (χ1) is 12.1. The molecule has 0 atom stereocenters. The van der Waals surface area contributed by atoms with Gasteiger partial charge in [0.2, 0.25) is 12.3 Å². The van der Waals surface area contributed by atoms with E-state index in [0.717, 1.165) is 29.2 Å². The summed E-state index contributed by atoms with van der Waals surface area (Å²) in [5, 5.41) is 3.23. The third kappa shape index (κ3) is 6.40. The topological polar surface area (TPSA) is 101 Å². The molecule has 0 aliphatic rings. The van der Waals surface area contributed by atoms with Gasteiger partial charge in [0.25, 0.3) is 0 Å². The number of aromatic nitrogens is 1. The van der Waals surface area contributed by atoms with Crippen LogP contribution >= 0.6 is 0 Å². The molecule has 0 aliphatic carbocycles. The molecule has 2 rings (SSSR count). The average molecular weight is 345 g/mol. The van der Waals surface area contributed by atoms with Crippen molar-refractivity contribution in [2.75, 3.05) is 12.4 Å². The maximum absolute atomic E-state index is 9.15. The number of nitrogens with zero attached hydrogens (tertiary/aromatic N) is 1. The summed E-state index contributed by atoms with van der Waals surface area (Å²) >= 11 is 0. The van der Waals surface area contributed by atoms with Crippen LogP contribution in [0.2, 0.25) is 0 Å². The molecular weight excluding hydrogens is 318 g/mol. The van der Waals surface area contributed by atoms with Crippen molar-refractivity contribution < 1.29 is 9.53 Å². The molecule has 1 aromatic heterocycles. The molecule has 7 nitrogen and oxygen atoms in total. The van der Waals surface area contributed by atoms with Gasteiger partial charge < -0.3 is 10.1 Å². The Labute approximate surface area is 148 Å². The molecule has 0 bridgehead atoms. The van der Waals surface area contributed by atoms with Gasteiger partial charge in [-0.15, -0.1) is 0 Å². The summed E-state index contributed by atoms with van der Waals surface area (Å²) in [4.78, 5) is 13.6. The zero-order valence-corrected chi connectivity index (χ0v) is 15.2. The van der Waals surface area contributed by atoms with Crippen LogP contribution in [0.5, 0.6) is 5.88 Å². The van der Waals surface area contributed by atoms with E-state index in [4.69, 9.17) is 9.53 Å². The molecule has 25 heavy (non-hydrogen) atoms. The first-order valence-corrected chi connectivity index (χ1v) is 8.07. The summed E-state index contributed by atoms with van der Waals surface area (Å²) in [5.74, 6) is 5.27. The smallest absolute Gasteiger partial charge is 0.222 e. The van der Waals surface area contributed by atoms with Gasteiger partial charge in [0.1, 0.15) is 6.61 Å². The minimum atomic E-state index is 0.444. The van der Waals surface area contributed by atoms with Crippen LogP contribution in [0.3, 0.4) is 0 Å². The lowest BCUT2D eigenvalue weighted by Crippen LogP contribution is -2.36. The molecule has 0 fully saturated rings. The van der Waals surface area contributed by atoms with Crippen LogP contribution in [0.25, 0.3) is 0 Å². The molecular formula is C18H27N5O2. The number of nitrogens with one attached hydrogen (secondary N) is 3. The van der Waals surface area contributed by atoms with E-state index in [1.165, 1.54) is 11.1 Å². The fourth-order valence-electron chi connectivity index (χ4n) is 2.29. The summed E-state index contributed by atoms with van der Waals surface area (Å²) in [6.07, 6.45) is 1.44. The minimum Gasteiger partial charge on any atom is -0.473 e. The van der Waals surface area contributed by atoms with Crippen LogP contribution in [0, 0.1) is 13.8 Å². The number of amides is 1. The van der Waals surface area contributed by atoms with E-state index in [1.54, 1.807) is 0 Å². The SMILES string of the molecule is CCc1cccc(NC)c1COc1nc(C)ccc1C.NNNC=O. The highest BCUT2D eigenvalue weighted by atomic mass is 16.5. The number of hydrazine groups is 2. The predicted octanol–water partition coefficient (Wildman–Crippen LogP) is 1.99. The number of carbonyl (C=O) groups is 1. The first-order valence-electron chi connectivity index (χ1n) is 8.07. The molecule has 0 unspecified atom stereocenters. The van der Waals surface area contributed by atoms with Crippen molar-refractivity contribution in [3.63, 3.8) is 0 Å².